The number of carbonyl (C=O) groups is 3. The zero-order valence-corrected chi connectivity index (χ0v) is 25.1. The van der Waals surface area contributed by atoms with Crippen LogP contribution in [0, 0.1) is 16.7 Å². The first-order chi connectivity index (χ1) is 18.8. The molecule has 2 aliphatic heterocycles. The lowest BCUT2D eigenvalue weighted by Crippen LogP contribution is -2.57. The molecule has 3 fully saturated rings. The van der Waals surface area contributed by atoms with Gasteiger partial charge in [0.1, 0.15) is 6.04 Å². The maximum absolute atomic E-state index is 14.2. The number of nitrogens with zero attached hydrogens (tertiary/aromatic N) is 2. The van der Waals surface area contributed by atoms with Crippen LogP contribution in [-0.4, -0.2) is 66.4 Å². The van der Waals surface area contributed by atoms with Crippen LogP contribution >= 0.6 is 0 Å². The Morgan fingerprint density at radius 3 is 2.45 bits per heavy atom. The number of sulfonamides is 1. The molecule has 4 aliphatic rings. The highest BCUT2D eigenvalue weighted by molar-refractivity contribution is 7.89. The van der Waals surface area contributed by atoms with Gasteiger partial charge in [-0.3, -0.25) is 14.5 Å². The normalized spacial score (nSPS) is 31.5. The molecule has 40 heavy (non-hydrogen) atoms. The maximum Gasteiger partial charge on any atom is 0.325 e. The molecule has 10 heteroatoms. The zero-order valence-electron chi connectivity index (χ0n) is 24.2. The molecule has 3 N–H and O–H groups in total. The third-order valence-electron chi connectivity index (χ3n) is 11.4. The molecule has 0 bridgehead atoms. The van der Waals surface area contributed by atoms with Crippen molar-refractivity contribution < 1.29 is 22.8 Å². The first-order valence-corrected chi connectivity index (χ1v) is 16.4. The van der Waals surface area contributed by atoms with E-state index in [1.54, 1.807) is 4.31 Å². The van der Waals surface area contributed by atoms with Gasteiger partial charge in [0.25, 0.3) is 5.91 Å². The number of aryl methyl sites for hydroxylation is 1. The van der Waals surface area contributed by atoms with Crippen LogP contribution < -0.4 is 11.1 Å². The SMILES string of the molecule is CCC1(CS(=O)(=O)N2CCC3(CCc4ccccc43)CC2)C(N2C(=O)NC(CCC(N)=O)C2=O)CC(C)C1(C)C. The van der Waals surface area contributed by atoms with Gasteiger partial charge in [-0.15, -0.1) is 0 Å². The Hall–Kier alpha value is -2.46. The summed E-state index contributed by atoms with van der Waals surface area (Å²) in [5, 5.41) is 2.72. The van der Waals surface area contributed by atoms with Gasteiger partial charge in [0, 0.05) is 31.0 Å². The van der Waals surface area contributed by atoms with Crippen molar-refractivity contribution in [2.45, 2.75) is 96.6 Å². The second kappa shape index (κ2) is 10.1. The van der Waals surface area contributed by atoms with Crippen molar-refractivity contribution in [1.82, 2.24) is 14.5 Å². The molecule has 9 nitrogen and oxygen atoms in total. The predicted molar refractivity (Wildman–Crippen MR) is 153 cm³/mol. The van der Waals surface area contributed by atoms with Gasteiger partial charge >= 0.3 is 6.03 Å². The molecule has 1 spiro atoms. The van der Waals surface area contributed by atoms with Gasteiger partial charge in [0.05, 0.1) is 5.75 Å². The number of piperidine rings is 1. The number of nitrogens with two attached hydrogens (primary N) is 1. The van der Waals surface area contributed by atoms with Crippen molar-refractivity contribution in [2.75, 3.05) is 18.8 Å². The van der Waals surface area contributed by atoms with Crippen LogP contribution in [0.15, 0.2) is 24.3 Å². The molecule has 4 unspecified atom stereocenters. The number of amides is 4. The second-order valence-corrected chi connectivity index (χ2v) is 15.2. The first kappa shape index (κ1) is 29.0. The molecule has 1 aromatic rings. The van der Waals surface area contributed by atoms with E-state index >= 15 is 0 Å². The van der Waals surface area contributed by atoms with E-state index in [0.29, 0.717) is 25.9 Å². The summed E-state index contributed by atoms with van der Waals surface area (Å²) in [6.07, 6.45) is 4.90. The topological polar surface area (TPSA) is 130 Å². The highest BCUT2D eigenvalue weighted by Crippen LogP contribution is 2.60. The number of fused-ring (bicyclic) bond motifs is 2. The van der Waals surface area contributed by atoms with E-state index in [0.717, 1.165) is 25.7 Å². The highest BCUT2D eigenvalue weighted by atomic mass is 32.2. The predicted octanol–water partition coefficient (Wildman–Crippen LogP) is 3.31. The van der Waals surface area contributed by atoms with E-state index in [1.165, 1.54) is 16.0 Å². The summed E-state index contributed by atoms with van der Waals surface area (Å²) in [7, 11) is -3.69. The Balaban J connectivity index is 1.39. The fourth-order valence-electron chi connectivity index (χ4n) is 8.42. The molecule has 1 saturated carbocycles. The molecule has 5 rings (SSSR count). The van der Waals surface area contributed by atoms with Gasteiger partial charge in [-0.05, 0) is 72.8 Å². The molecule has 0 aromatic heterocycles. The van der Waals surface area contributed by atoms with Crippen molar-refractivity contribution in [3.8, 4) is 0 Å². The minimum absolute atomic E-state index is 0.00862. The van der Waals surface area contributed by atoms with E-state index < -0.39 is 50.8 Å². The van der Waals surface area contributed by atoms with Gasteiger partial charge in [0.15, 0.2) is 0 Å². The van der Waals surface area contributed by atoms with Gasteiger partial charge < -0.3 is 11.1 Å². The van der Waals surface area contributed by atoms with Crippen LogP contribution in [0.3, 0.4) is 0 Å². The summed E-state index contributed by atoms with van der Waals surface area (Å²) in [5.74, 6) is -0.936. The zero-order chi connectivity index (χ0) is 29.1. The molecular formula is C30H44N4O5S. The van der Waals surface area contributed by atoms with Gasteiger partial charge in [-0.25, -0.2) is 17.5 Å². The van der Waals surface area contributed by atoms with Crippen LogP contribution in [0.25, 0.3) is 0 Å². The molecule has 2 saturated heterocycles. The van der Waals surface area contributed by atoms with Crippen molar-refractivity contribution in [3.63, 3.8) is 0 Å². The van der Waals surface area contributed by atoms with Gasteiger partial charge in [-0.2, -0.15) is 0 Å². The van der Waals surface area contributed by atoms with Crippen molar-refractivity contribution >= 4 is 27.9 Å². The minimum Gasteiger partial charge on any atom is -0.370 e. The standard InChI is InChI=1S/C30H44N4O5S/c1-5-30(19-40(38,39)33-16-14-29(15-17-33)13-12-21-8-6-7-9-22(21)29)24(18-20(2)28(30,3)4)34-26(36)23(32-27(34)37)10-11-25(31)35/h6-9,20,23-24H,5,10-19H2,1-4H3,(H2,31,35)(H,32,37). The monoisotopic (exact) mass is 572 g/mol. The van der Waals surface area contributed by atoms with E-state index in [4.69, 9.17) is 5.73 Å². The lowest BCUT2D eigenvalue weighted by atomic mass is 9.63. The Kier molecular flexibility index (Phi) is 7.35. The summed E-state index contributed by atoms with van der Waals surface area (Å²) in [6.45, 7) is 9.19. The van der Waals surface area contributed by atoms with Gasteiger partial charge in [0.2, 0.25) is 15.9 Å². The lowest BCUT2D eigenvalue weighted by molar-refractivity contribution is -0.131. The lowest BCUT2D eigenvalue weighted by Gasteiger charge is -2.49. The molecule has 4 atom stereocenters. The average Bonchev–Trinajstić information content (AvgIpc) is 3.46. The summed E-state index contributed by atoms with van der Waals surface area (Å²) in [6, 6.07) is 6.67. The average molecular weight is 573 g/mol. The molecule has 2 heterocycles. The Bertz CT molecular complexity index is 1300. The maximum atomic E-state index is 14.2. The number of hydrogen-bond acceptors (Lipinski definition) is 5. The van der Waals surface area contributed by atoms with E-state index in [9.17, 15) is 22.8 Å². The Labute approximate surface area is 238 Å². The molecular weight excluding hydrogens is 528 g/mol. The molecule has 2 aliphatic carbocycles. The molecule has 1 aromatic carbocycles. The third kappa shape index (κ3) is 4.46. The number of rotatable bonds is 8. The van der Waals surface area contributed by atoms with Gasteiger partial charge in [-0.1, -0.05) is 52.0 Å². The van der Waals surface area contributed by atoms with E-state index in [1.807, 2.05) is 6.92 Å². The summed E-state index contributed by atoms with van der Waals surface area (Å²) in [4.78, 5) is 39.3. The number of benzene rings is 1. The first-order valence-electron chi connectivity index (χ1n) is 14.8. The van der Waals surface area contributed by atoms with Crippen molar-refractivity contribution in [2.24, 2.45) is 22.5 Å². The minimum atomic E-state index is -3.69. The van der Waals surface area contributed by atoms with E-state index in [-0.39, 0.29) is 29.9 Å². The summed E-state index contributed by atoms with van der Waals surface area (Å²) in [5.41, 5.74) is 6.85. The fourth-order valence-corrected chi connectivity index (χ4v) is 10.8. The number of primary amides is 1. The third-order valence-corrected chi connectivity index (χ3v) is 13.4. The van der Waals surface area contributed by atoms with Crippen LogP contribution in [0.5, 0.6) is 0 Å². The number of hydrogen-bond donors (Lipinski definition) is 2. The number of carbonyl (C=O) groups excluding carboxylic acids is 3. The van der Waals surface area contributed by atoms with Crippen LogP contribution in [0.2, 0.25) is 0 Å². The molecule has 0 radical (unpaired) electrons. The number of nitrogens with one attached hydrogen (secondary N) is 1. The van der Waals surface area contributed by atoms with Crippen LogP contribution in [-0.2, 0) is 31.4 Å². The molecule has 4 amide bonds. The van der Waals surface area contributed by atoms with E-state index in [2.05, 4.69) is 50.4 Å². The summed E-state index contributed by atoms with van der Waals surface area (Å²) >= 11 is 0. The second-order valence-electron chi connectivity index (χ2n) is 13.2. The number of urea groups is 1. The Morgan fingerprint density at radius 2 is 1.80 bits per heavy atom. The number of imide groups is 1. The van der Waals surface area contributed by atoms with Crippen molar-refractivity contribution in [1.29, 1.82) is 0 Å². The quantitative estimate of drug-likeness (QED) is 0.462. The van der Waals surface area contributed by atoms with Crippen LogP contribution in [0.4, 0.5) is 4.79 Å². The van der Waals surface area contributed by atoms with Crippen LogP contribution in [0.1, 0.15) is 83.8 Å². The fraction of sp³-hybridized carbons (Fsp3) is 0.700. The van der Waals surface area contributed by atoms with Crippen molar-refractivity contribution in [3.05, 3.63) is 35.4 Å². The summed E-state index contributed by atoms with van der Waals surface area (Å²) < 4.78 is 30.0. The molecule has 220 valence electrons. The highest BCUT2D eigenvalue weighted by Gasteiger charge is 2.64. The smallest absolute Gasteiger partial charge is 0.325 e. The largest absolute Gasteiger partial charge is 0.370 e. The Morgan fingerprint density at radius 1 is 1.12 bits per heavy atom.